The van der Waals surface area contributed by atoms with Crippen molar-refractivity contribution in [1.82, 2.24) is 6.15 Å². The number of carbonyl (C=O) groups is 2. The molecule has 0 aromatic carbocycles. The van der Waals surface area contributed by atoms with Gasteiger partial charge in [0.05, 0.1) is 0 Å². The average Bonchev–Trinajstić information content (AvgIpc) is 1.25. The summed E-state index contributed by atoms with van der Waals surface area (Å²) in [5.41, 5.74) is 0. The molecular weight excluding hydrogens is 190 g/mol. The van der Waals surface area contributed by atoms with Gasteiger partial charge in [-0.25, -0.2) is 0 Å². The molecule has 0 rings (SSSR count). The zero-order valence-corrected chi connectivity index (χ0v) is 6.32. The maximum atomic E-state index is 8.89. The summed E-state index contributed by atoms with van der Waals surface area (Å²) in [4.78, 5) is 17.8. The molecule has 0 aliphatic carbocycles. The Morgan fingerprint density at radius 2 is 1.00 bits per heavy atom. The van der Waals surface area contributed by atoms with Crippen LogP contribution in [-0.2, 0) is 26.7 Å². The van der Waals surface area contributed by atoms with Crippen LogP contribution in [0, 0.1) is 0 Å². The van der Waals surface area contributed by atoms with Gasteiger partial charge in [0.2, 0.25) is 0 Å². The molecule has 0 aliphatic rings. The van der Waals surface area contributed by atoms with E-state index in [-0.39, 0.29) is 23.2 Å². The van der Waals surface area contributed by atoms with Crippen molar-refractivity contribution < 1.29 is 36.9 Å². The van der Waals surface area contributed by atoms with Gasteiger partial charge in [-0.3, -0.25) is 0 Å². The molecular formula is C4H6CuNO4. The smallest absolute Gasteiger partial charge is 0.550 e. The van der Waals surface area contributed by atoms with Gasteiger partial charge < -0.3 is 19.8 Å². The summed E-state index contributed by atoms with van der Waals surface area (Å²) in [6.07, 6.45) is 0. The van der Waals surface area contributed by atoms with E-state index in [4.69, 9.17) is 19.8 Å². The summed E-state index contributed by atoms with van der Waals surface area (Å²) >= 11 is 0. The Kier molecular flexibility index (Phi) is 35.9. The standard InChI is InChI=1S/2C2H4O2.Cu.N/c2*1-2(3)4;;/h2*1H3,(H,3,4);;/q;;+2;/p-2. The quantitative estimate of drug-likeness (QED) is 0.384. The van der Waals surface area contributed by atoms with Crippen molar-refractivity contribution in [2.24, 2.45) is 0 Å². The predicted octanol–water partition coefficient (Wildman–Crippen LogP) is -2.97. The summed E-state index contributed by atoms with van der Waals surface area (Å²) in [7, 11) is 0. The van der Waals surface area contributed by atoms with Gasteiger partial charge in [0, 0.05) is 18.1 Å². The molecule has 0 spiro atoms. The fourth-order valence-electron chi connectivity index (χ4n) is 0. The summed E-state index contributed by atoms with van der Waals surface area (Å²) in [5.74, 6) is -2.17. The number of hydrogen-bond donors (Lipinski definition) is 0. The summed E-state index contributed by atoms with van der Waals surface area (Å²) in [6.45, 7) is 1.94. The zero-order valence-electron chi connectivity index (χ0n) is 5.38. The van der Waals surface area contributed by atoms with Crippen LogP contribution in [0.5, 0.6) is 0 Å². The Morgan fingerprint density at radius 1 is 1.00 bits per heavy atom. The number of carboxylic acids is 2. The van der Waals surface area contributed by atoms with E-state index in [2.05, 4.69) is 0 Å². The SMILES string of the molecule is CC(=O)[O-].CC(=O)[O-].[Cu+2].[N]. The minimum absolute atomic E-state index is 0. The second-order valence-corrected chi connectivity index (χ2v) is 0.983. The number of carbonyl (C=O) groups excluding carboxylic acids is 2. The number of aliphatic carboxylic acids is 2. The van der Waals surface area contributed by atoms with Gasteiger partial charge >= 0.3 is 17.1 Å². The molecule has 0 aliphatic heterocycles. The monoisotopic (exact) mass is 195 g/mol. The van der Waals surface area contributed by atoms with E-state index in [0.717, 1.165) is 13.8 Å². The third-order valence-corrected chi connectivity index (χ3v) is 0. The van der Waals surface area contributed by atoms with Crippen LogP contribution in [0.15, 0.2) is 0 Å². The minimum atomic E-state index is -1.08. The Morgan fingerprint density at radius 3 is 1.00 bits per heavy atom. The van der Waals surface area contributed by atoms with E-state index in [1.54, 1.807) is 0 Å². The van der Waals surface area contributed by atoms with E-state index in [1.807, 2.05) is 0 Å². The molecule has 4 radical (unpaired) electrons. The van der Waals surface area contributed by atoms with Crippen molar-refractivity contribution in [3.8, 4) is 0 Å². The van der Waals surface area contributed by atoms with Crippen LogP contribution < -0.4 is 16.4 Å². The van der Waals surface area contributed by atoms with Gasteiger partial charge in [0.1, 0.15) is 0 Å². The van der Waals surface area contributed by atoms with Crippen molar-refractivity contribution in [2.75, 3.05) is 0 Å². The van der Waals surface area contributed by atoms with E-state index < -0.39 is 11.9 Å². The van der Waals surface area contributed by atoms with Crippen LogP contribution in [0.4, 0.5) is 0 Å². The summed E-state index contributed by atoms with van der Waals surface area (Å²) in [5, 5.41) is 17.8. The van der Waals surface area contributed by atoms with Crippen molar-refractivity contribution in [1.29, 1.82) is 0 Å². The Hall–Kier alpha value is -0.581. The van der Waals surface area contributed by atoms with Gasteiger partial charge in [-0.2, -0.15) is 0 Å². The first-order valence-corrected chi connectivity index (χ1v) is 1.82. The van der Waals surface area contributed by atoms with E-state index >= 15 is 0 Å². The van der Waals surface area contributed by atoms with E-state index in [1.165, 1.54) is 0 Å². The van der Waals surface area contributed by atoms with Crippen LogP contribution >= 0.6 is 0 Å². The van der Waals surface area contributed by atoms with Crippen LogP contribution in [0.1, 0.15) is 13.8 Å². The molecule has 0 saturated heterocycles. The van der Waals surface area contributed by atoms with Gasteiger partial charge in [0.25, 0.3) is 0 Å². The molecule has 0 unspecified atom stereocenters. The molecule has 0 heterocycles. The molecule has 0 aromatic heterocycles. The number of rotatable bonds is 0. The largest absolute Gasteiger partial charge is 2.00 e. The van der Waals surface area contributed by atoms with Crippen molar-refractivity contribution >= 4 is 11.9 Å². The van der Waals surface area contributed by atoms with Crippen LogP contribution in [0.2, 0.25) is 0 Å². The molecule has 62 valence electrons. The maximum absolute atomic E-state index is 8.89. The first-order chi connectivity index (χ1) is 3.46. The van der Waals surface area contributed by atoms with Gasteiger partial charge in [-0.05, 0) is 13.8 Å². The second kappa shape index (κ2) is 15.8. The van der Waals surface area contributed by atoms with Crippen LogP contribution in [0.3, 0.4) is 0 Å². The van der Waals surface area contributed by atoms with Gasteiger partial charge in [0.15, 0.2) is 0 Å². The number of hydrogen-bond acceptors (Lipinski definition) is 4. The first-order valence-electron chi connectivity index (χ1n) is 1.82. The van der Waals surface area contributed by atoms with Crippen molar-refractivity contribution in [3.05, 3.63) is 0 Å². The average molecular weight is 196 g/mol. The molecule has 0 amide bonds. The number of nitrogens with zero attached hydrogens (tertiary/aromatic N) is 1. The van der Waals surface area contributed by atoms with Gasteiger partial charge in [-0.1, -0.05) is 0 Å². The Balaban J connectivity index is -0.0000000300. The molecule has 6 heteroatoms. The number of carboxylic acid groups (broad SMARTS) is 2. The van der Waals surface area contributed by atoms with E-state index in [9.17, 15) is 0 Å². The Labute approximate surface area is 69.5 Å². The molecule has 0 atom stereocenters. The predicted molar refractivity (Wildman–Crippen MR) is 23.5 cm³/mol. The first kappa shape index (κ1) is 22.7. The van der Waals surface area contributed by atoms with Crippen LogP contribution in [-0.4, -0.2) is 11.9 Å². The maximum Gasteiger partial charge on any atom is 2.00 e. The fourth-order valence-corrected chi connectivity index (χ4v) is 0. The third-order valence-electron chi connectivity index (χ3n) is 0. The molecule has 5 nitrogen and oxygen atoms in total. The van der Waals surface area contributed by atoms with Crippen molar-refractivity contribution in [2.45, 2.75) is 13.8 Å². The Bertz CT molecular complexity index is 75.3. The van der Waals surface area contributed by atoms with Crippen LogP contribution in [0.25, 0.3) is 0 Å². The van der Waals surface area contributed by atoms with Gasteiger partial charge in [-0.15, -0.1) is 0 Å². The summed E-state index contributed by atoms with van der Waals surface area (Å²) < 4.78 is 0. The molecule has 10 heavy (non-hydrogen) atoms. The molecule has 0 saturated carbocycles. The summed E-state index contributed by atoms with van der Waals surface area (Å²) in [6, 6.07) is 0. The fraction of sp³-hybridized carbons (Fsp3) is 0.500. The normalized spacial score (nSPS) is 5.00. The molecule has 0 bridgehead atoms. The second-order valence-electron chi connectivity index (χ2n) is 0.983. The van der Waals surface area contributed by atoms with Crippen molar-refractivity contribution in [3.63, 3.8) is 0 Å². The zero-order chi connectivity index (χ0) is 7.15. The molecule has 0 N–H and O–H groups in total. The topological polar surface area (TPSA) is 111 Å². The molecule has 0 aromatic rings. The third kappa shape index (κ3) is 907. The van der Waals surface area contributed by atoms with E-state index in [0.29, 0.717) is 0 Å². The minimum Gasteiger partial charge on any atom is -0.550 e. The molecule has 0 fully saturated rings.